The van der Waals surface area contributed by atoms with Crippen molar-refractivity contribution in [2.45, 2.75) is 25.7 Å². The first kappa shape index (κ1) is 17.3. The van der Waals surface area contributed by atoms with Crippen LogP contribution < -0.4 is 5.32 Å². The van der Waals surface area contributed by atoms with Crippen LogP contribution in [0.15, 0.2) is 29.2 Å². The third-order valence-corrected chi connectivity index (χ3v) is 6.14. The van der Waals surface area contributed by atoms with Crippen LogP contribution in [0.2, 0.25) is 0 Å². The lowest BCUT2D eigenvalue weighted by Crippen LogP contribution is -2.17. The topological polar surface area (TPSA) is 93.2 Å². The number of aryl methyl sites for hydroxylation is 1. The zero-order chi connectivity index (χ0) is 17.2. The molecule has 0 aliphatic heterocycles. The number of carbonyl (C=O) groups is 2. The first-order valence-electron chi connectivity index (χ1n) is 6.87. The number of nitrogens with zero attached hydrogens (tertiary/aromatic N) is 1. The number of anilines is 1. The number of hydrogen-bond donors (Lipinski definition) is 1. The van der Waals surface area contributed by atoms with E-state index in [4.69, 9.17) is 0 Å². The summed E-state index contributed by atoms with van der Waals surface area (Å²) in [6.07, 6.45) is 0. The second kappa shape index (κ2) is 6.59. The Hall–Kier alpha value is -2.06. The van der Waals surface area contributed by atoms with Crippen LogP contribution in [-0.2, 0) is 9.84 Å². The lowest BCUT2D eigenvalue weighted by atomic mass is 10.2. The smallest absolute Gasteiger partial charge is 0.258 e. The Morgan fingerprint density at radius 3 is 2.48 bits per heavy atom. The number of Topliss-reactive ketones (excluding diaryl/α,β-unsaturated/α-hetero) is 1. The largest absolute Gasteiger partial charge is 0.298 e. The first-order valence-corrected chi connectivity index (χ1v) is 9.34. The van der Waals surface area contributed by atoms with Gasteiger partial charge in [0.05, 0.1) is 26.8 Å². The third kappa shape index (κ3) is 3.65. The van der Waals surface area contributed by atoms with E-state index in [0.29, 0.717) is 10.6 Å². The summed E-state index contributed by atoms with van der Waals surface area (Å²) in [7, 11) is -3.51. The average molecular weight is 352 g/mol. The molecule has 1 heterocycles. The monoisotopic (exact) mass is 352 g/mol. The van der Waals surface area contributed by atoms with Crippen molar-refractivity contribution in [2.75, 3.05) is 11.1 Å². The zero-order valence-corrected chi connectivity index (χ0v) is 14.5. The third-order valence-electron chi connectivity index (χ3n) is 3.18. The van der Waals surface area contributed by atoms with E-state index in [1.165, 1.54) is 26.0 Å². The summed E-state index contributed by atoms with van der Waals surface area (Å²) in [4.78, 5) is 28.4. The molecule has 0 unspecified atom stereocenters. The molecule has 23 heavy (non-hydrogen) atoms. The van der Waals surface area contributed by atoms with E-state index in [1.54, 1.807) is 19.1 Å². The number of hydrogen-bond acceptors (Lipinski definition) is 6. The number of benzene rings is 1. The van der Waals surface area contributed by atoms with Crippen molar-refractivity contribution in [3.63, 3.8) is 0 Å². The standard InChI is InChI=1S/C15H16N2O4S2/c1-4-23(20,21)12-8-6-5-7-11(12)14(19)17-15-16-9(2)13(22-15)10(3)18/h5-8H,4H2,1-3H3,(H,16,17,19). The van der Waals surface area contributed by atoms with Gasteiger partial charge >= 0.3 is 0 Å². The highest BCUT2D eigenvalue weighted by Gasteiger charge is 2.22. The first-order chi connectivity index (χ1) is 10.8. The van der Waals surface area contributed by atoms with Gasteiger partial charge in [-0.1, -0.05) is 30.4 Å². The number of sulfone groups is 1. The van der Waals surface area contributed by atoms with Gasteiger partial charge in [-0.05, 0) is 19.1 Å². The van der Waals surface area contributed by atoms with Crippen LogP contribution in [0, 0.1) is 6.92 Å². The van der Waals surface area contributed by atoms with Gasteiger partial charge in [-0.2, -0.15) is 0 Å². The Bertz CT molecular complexity index is 869. The number of nitrogens with one attached hydrogen (secondary N) is 1. The Labute approximate surface area is 138 Å². The fourth-order valence-corrected chi connectivity index (χ4v) is 3.97. The number of rotatable bonds is 5. The molecule has 0 saturated carbocycles. The van der Waals surface area contributed by atoms with Crippen LogP contribution in [0.25, 0.3) is 0 Å². The van der Waals surface area contributed by atoms with Gasteiger partial charge in [-0.25, -0.2) is 13.4 Å². The predicted octanol–water partition coefficient (Wildman–Crippen LogP) is 2.70. The summed E-state index contributed by atoms with van der Waals surface area (Å²) in [5, 5.41) is 2.83. The average Bonchev–Trinajstić information content (AvgIpc) is 2.88. The molecule has 8 heteroatoms. The minimum atomic E-state index is -3.51. The Balaban J connectivity index is 2.36. The van der Waals surface area contributed by atoms with E-state index in [-0.39, 0.29) is 27.1 Å². The lowest BCUT2D eigenvalue weighted by Gasteiger charge is -2.08. The van der Waals surface area contributed by atoms with E-state index in [9.17, 15) is 18.0 Å². The maximum absolute atomic E-state index is 12.4. The van der Waals surface area contributed by atoms with Gasteiger partial charge in [0.25, 0.3) is 5.91 Å². The summed E-state index contributed by atoms with van der Waals surface area (Å²) in [6.45, 7) is 4.63. The molecule has 1 aromatic heterocycles. The van der Waals surface area contributed by atoms with E-state index >= 15 is 0 Å². The molecule has 0 fully saturated rings. The van der Waals surface area contributed by atoms with Gasteiger partial charge < -0.3 is 0 Å². The minimum Gasteiger partial charge on any atom is -0.298 e. The fourth-order valence-electron chi connectivity index (χ4n) is 2.02. The van der Waals surface area contributed by atoms with E-state index in [0.717, 1.165) is 11.3 Å². The van der Waals surface area contributed by atoms with Gasteiger partial charge in [-0.3, -0.25) is 14.9 Å². The highest BCUT2D eigenvalue weighted by atomic mass is 32.2. The molecule has 0 aliphatic rings. The highest BCUT2D eigenvalue weighted by Crippen LogP contribution is 2.24. The van der Waals surface area contributed by atoms with Gasteiger partial charge in [0.15, 0.2) is 20.8 Å². The molecule has 0 atom stereocenters. The molecule has 1 N–H and O–H groups in total. The van der Waals surface area contributed by atoms with Crippen molar-refractivity contribution < 1.29 is 18.0 Å². The predicted molar refractivity (Wildman–Crippen MR) is 89.0 cm³/mol. The van der Waals surface area contributed by atoms with Crippen molar-refractivity contribution in [3.05, 3.63) is 40.4 Å². The molecule has 0 spiro atoms. The number of amides is 1. The van der Waals surface area contributed by atoms with Crippen molar-refractivity contribution in [2.24, 2.45) is 0 Å². The van der Waals surface area contributed by atoms with Gasteiger partial charge in [0.2, 0.25) is 0 Å². The van der Waals surface area contributed by atoms with Crippen LogP contribution in [-0.4, -0.2) is 30.8 Å². The molecule has 2 rings (SSSR count). The summed E-state index contributed by atoms with van der Waals surface area (Å²) >= 11 is 1.07. The number of carbonyl (C=O) groups excluding carboxylic acids is 2. The Morgan fingerprint density at radius 1 is 1.26 bits per heavy atom. The Morgan fingerprint density at radius 2 is 1.91 bits per heavy atom. The molecule has 6 nitrogen and oxygen atoms in total. The maximum atomic E-state index is 12.4. The summed E-state index contributed by atoms with van der Waals surface area (Å²) in [6, 6.07) is 6.02. The quantitative estimate of drug-likeness (QED) is 0.835. The van der Waals surface area contributed by atoms with E-state index < -0.39 is 15.7 Å². The summed E-state index contributed by atoms with van der Waals surface area (Å²) in [5.41, 5.74) is 0.596. The van der Waals surface area contributed by atoms with E-state index in [1.807, 2.05) is 0 Å². The van der Waals surface area contributed by atoms with Crippen molar-refractivity contribution in [1.29, 1.82) is 0 Å². The van der Waals surface area contributed by atoms with Crippen molar-refractivity contribution in [3.8, 4) is 0 Å². The van der Waals surface area contributed by atoms with Gasteiger partial charge in [-0.15, -0.1) is 0 Å². The van der Waals surface area contributed by atoms with Crippen LogP contribution in [0.3, 0.4) is 0 Å². The molecular formula is C15H16N2O4S2. The molecule has 122 valence electrons. The molecule has 1 amide bonds. The zero-order valence-electron chi connectivity index (χ0n) is 12.9. The molecule has 0 aliphatic carbocycles. The molecular weight excluding hydrogens is 336 g/mol. The molecule has 0 saturated heterocycles. The fraction of sp³-hybridized carbons (Fsp3) is 0.267. The van der Waals surface area contributed by atoms with Crippen LogP contribution >= 0.6 is 11.3 Å². The minimum absolute atomic E-state index is 0.0138. The second-order valence-corrected chi connectivity index (χ2v) is 8.09. The summed E-state index contributed by atoms with van der Waals surface area (Å²) in [5.74, 6) is -0.793. The molecule has 0 bridgehead atoms. The van der Waals surface area contributed by atoms with Crippen molar-refractivity contribution in [1.82, 2.24) is 4.98 Å². The van der Waals surface area contributed by atoms with Gasteiger partial charge in [0.1, 0.15) is 0 Å². The van der Waals surface area contributed by atoms with Gasteiger partial charge in [0, 0.05) is 6.92 Å². The normalized spacial score (nSPS) is 11.3. The molecule has 2 aromatic rings. The van der Waals surface area contributed by atoms with E-state index in [2.05, 4.69) is 10.3 Å². The number of ketones is 1. The van der Waals surface area contributed by atoms with Crippen molar-refractivity contribution >= 4 is 38.0 Å². The van der Waals surface area contributed by atoms with Crippen LogP contribution in [0.5, 0.6) is 0 Å². The lowest BCUT2D eigenvalue weighted by molar-refractivity contribution is 0.101. The second-order valence-electron chi connectivity index (χ2n) is 4.84. The maximum Gasteiger partial charge on any atom is 0.258 e. The number of aromatic nitrogens is 1. The molecule has 1 aromatic carbocycles. The van der Waals surface area contributed by atoms with Crippen LogP contribution in [0.4, 0.5) is 5.13 Å². The SMILES string of the molecule is CCS(=O)(=O)c1ccccc1C(=O)Nc1nc(C)c(C(C)=O)s1. The summed E-state index contributed by atoms with van der Waals surface area (Å²) < 4.78 is 24.2. The number of thiazole rings is 1. The molecule has 0 radical (unpaired) electrons. The van der Waals surface area contributed by atoms with Crippen LogP contribution in [0.1, 0.15) is 39.6 Å². The highest BCUT2D eigenvalue weighted by molar-refractivity contribution is 7.91. The Kier molecular flexibility index (Phi) is 4.96.